The minimum atomic E-state index is 0.0607. The standard InChI is InChI=1S/C27H25NO4/c1-17-13-14-26(31)27(15-17)32-21-8-4-7-20(16-21)28(22-9-5-11-24(29)18(22)2)23-10-6-12-25(30)19(23)3/h4-16,29-31H,1-3H3. The molecule has 0 heterocycles. The number of ether oxygens (including phenoxy) is 1. The van der Waals surface area contributed by atoms with Gasteiger partial charge in [-0.2, -0.15) is 0 Å². The lowest BCUT2D eigenvalue weighted by Gasteiger charge is -2.29. The Morgan fingerprint density at radius 1 is 0.625 bits per heavy atom. The van der Waals surface area contributed by atoms with Crippen LogP contribution in [0.2, 0.25) is 0 Å². The summed E-state index contributed by atoms with van der Waals surface area (Å²) < 4.78 is 5.99. The van der Waals surface area contributed by atoms with Crippen molar-refractivity contribution in [2.24, 2.45) is 0 Å². The van der Waals surface area contributed by atoms with Crippen molar-refractivity contribution in [2.75, 3.05) is 4.90 Å². The van der Waals surface area contributed by atoms with Crippen molar-refractivity contribution in [2.45, 2.75) is 20.8 Å². The summed E-state index contributed by atoms with van der Waals surface area (Å²) >= 11 is 0. The summed E-state index contributed by atoms with van der Waals surface area (Å²) in [6, 6.07) is 23.3. The highest BCUT2D eigenvalue weighted by molar-refractivity contribution is 5.82. The largest absolute Gasteiger partial charge is 0.508 e. The van der Waals surface area contributed by atoms with E-state index in [4.69, 9.17) is 4.74 Å². The van der Waals surface area contributed by atoms with Crippen LogP contribution in [0.1, 0.15) is 16.7 Å². The fourth-order valence-corrected chi connectivity index (χ4v) is 3.63. The average molecular weight is 428 g/mol. The number of aromatic hydroxyl groups is 3. The lowest BCUT2D eigenvalue weighted by Crippen LogP contribution is -2.12. The Kier molecular flexibility index (Phi) is 5.65. The first-order chi connectivity index (χ1) is 15.3. The van der Waals surface area contributed by atoms with Crippen LogP contribution in [-0.4, -0.2) is 15.3 Å². The summed E-state index contributed by atoms with van der Waals surface area (Å²) in [6.45, 7) is 5.63. The SMILES string of the molecule is Cc1ccc(O)c(Oc2cccc(N(c3cccc(O)c3C)c3cccc(O)c3C)c2)c1. The first-order valence-electron chi connectivity index (χ1n) is 10.3. The Labute approximate surface area is 187 Å². The third-order valence-corrected chi connectivity index (χ3v) is 5.45. The number of anilines is 3. The molecule has 5 nitrogen and oxygen atoms in total. The van der Waals surface area contributed by atoms with Gasteiger partial charge in [0.15, 0.2) is 11.5 Å². The molecule has 4 rings (SSSR count). The van der Waals surface area contributed by atoms with Gasteiger partial charge in [-0.05, 0) is 74.9 Å². The van der Waals surface area contributed by atoms with E-state index in [1.807, 2.05) is 68.1 Å². The first kappa shape index (κ1) is 21.1. The Hall–Kier alpha value is -4.12. The van der Waals surface area contributed by atoms with Crippen molar-refractivity contribution in [3.8, 4) is 28.7 Å². The molecule has 0 amide bonds. The number of phenols is 3. The van der Waals surface area contributed by atoms with Crippen molar-refractivity contribution >= 4 is 17.1 Å². The maximum Gasteiger partial charge on any atom is 0.169 e. The maximum absolute atomic E-state index is 10.3. The Morgan fingerprint density at radius 2 is 1.22 bits per heavy atom. The molecule has 3 N–H and O–H groups in total. The highest BCUT2D eigenvalue weighted by Gasteiger charge is 2.19. The van der Waals surface area contributed by atoms with E-state index in [2.05, 4.69) is 0 Å². The van der Waals surface area contributed by atoms with Gasteiger partial charge in [-0.15, -0.1) is 0 Å². The molecule has 0 saturated heterocycles. The van der Waals surface area contributed by atoms with Crippen LogP contribution in [0.15, 0.2) is 78.9 Å². The van der Waals surface area contributed by atoms with Crippen LogP contribution in [0.5, 0.6) is 28.7 Å². The van der Waals surface area contributed by atoms with Gasteiger partial charge in [-0.3, -0.25) is 0 Å². The second kappa shape index (κ2) is 8.55. The summed E-state index contributed by atoms with van der Waals surface area (Å²) in [5, 5.41) is 30.9. The smallest absolute Gasteiger partial charge is 0.169 e. The normalized spacial score (nSPS) is 10.7. The van der Waals surface area contributed by atoms with Gasteiger partial charge in [0, 0.05) is 22.9 Å². The highest BCUT2D eigenvalue weighted by Crippen LogP contribution is 2.43. The van der Waals surface area contributed by atoms with Crippen molar-refractivity contribution in [1.29, 1.82) is 0 Å². The molecule has 0 fully saturated rings. The predicted octanol–water partition coefficient (Wildman–Crippen LogP) is 6.99. The van der Waals surface area contributed by atoms with Gasteiger partial charge in [-0.25, -0.2) is 0 Å². The molecule has 32 heavy (non-hydrogen) atoms. The molecule has 0 aliphatic heterocycles. The summed E-state index contributed by atoms with van der Waals surface area (Å²) in [6.07, 6.45) is 0. The van der Waals surface area contributed by atoms with Crippen LogP contribution in [0.3, 0.4) is 0 Å². The Bertz CT molecular complexity index is 1230. The molecular weight excluding hydrogens is 402 g/mol. The molecule has 5 heteroatoms. The minimum absolute atomic E-state index is 0.0607. The number of benzene rings is 4. The fraction of sp³-hybridized carbons (Fsp3) is 0.111. The zero-order chi connectivity index (χ0) is 22.8. The van der Waals surface area contributed by atoms with Gasteiger partial charge < -0.3 is 25.0 Å². The van der Waals surface area contributed by atoms with E-state index < -0.39 is 0 Å². The van der Waals surface area contributed by atoms with Crippen molar-refractivity contribution in [3.63, 3.8) is 0 Å². The summed E-state index contributed by atoms with van der Waals surface area (Å²) in [7, 11) is 0. The van der Waals surface area contributed by atoms with Gasteiger partial charge in [0.05, 0.1) is 11.4 Å². The molecule has 0 atom stereocenters. The second-order valence-corrected chi connectivity index (χ2v) is 7.75. The van der Waals surface area contributed by atoms with Gasteiger partial charge >= 0.3 is 0 Å². The lowest BCUT2D eigenvalue weighted by atomic mass is 10.1. The molecule has 0 aromatic heterocycles. The molecule has 0 radical (unpaired) electrons. The molecule has 4 aromatic carbocycles. The predicted molar refractivity (Wildman–Crippen MR) is 127 cm³/mol. The molecule has 162 valence electrons. The summed E-state index contributed by atoms with van der Waals surface area (Å²) in [5.74, 6) is 1.34. The molecule has 0 spiro atoms. The van der Waals surface area contributed by atoms with E-state index in [1.165, 1.54) is 0 Å². The van der Waals surface area contributed by atoms with Crippen LogP contribution in [-0.2, 0) is 0 Å². The van der Waals surface area contributed by atoms with Gasteiger partial charge in [0.2, 0.25) is 0 Å². The molecular formula is C27H25NO4. The quantitative estimate of drug-likeness (QED) is 0.320. The zero-order valence-corrected chi connectivity index (χ0v) is 18.2. The molecule has 0 aliphatic rings. The van der Waals surface area contributed by atoms with E-state index in [0.29, 0.717) is 22.6 Å². The van der Waals surface area contributed by atoms with E-state index >= 15 is 0 Å². The number of aryl methyl sites for hydroxylation is 1. The second-order valence-electron chi connectivity index (χ2n) is 7.75. The monoisotopic (exact) mass is 427 g/mol. The Balaban J connectivity index is 1.85. The van der Waals surface area contributed by atoms with Crippen LogP contribution in [0, 0.1) is 20.8 Å². The molecule has 0 bridgehead atoms. The number of phenolic OH excluding ortho intramolecular Hbond substituents is 3. The molecule has 0 saturated carbocycles. The zero-order valence-electron chi connectivity index (χ0n) is 18.2. The first-order valence-corrected chi connectivity index (χ1v) is 10.3. The molecule has 0 aliphatic carbocycles. The van der Waals surface area contributed by atoms with Crippen LogP contribution >= 0.6 is 0 Å². The van der Waals surface area contributed by atoms with E-state index in [0.717, 1.165) is 22.6 Å². The maximum atomic E-state index is 10.3. The van der Waals surface area contributed by atoms with Crippen molar-refractivity contribution in [3.05, 3.63) is 95.6 Å². The van der Waals surface area contributed by atoms with E-state index in [9.17, 15) is 15.3 Å². The van der Waals surface area contributed by atoms with Crippen molar-refractivity contribution in [1.82, 2.24) is 0 Å². The third kappa shape index (κ3) is 4.05. The number of hydrogen-bond donors (Lipinski definition) is 3. The molecule has 0 unspecified atom stereocenters. The topological polar surface area (TPSA) is 73.2 Å². The Morgan fingerprint density at radius 3 is 1.84 bits per heavy atom. The highest BCUT2D eigenvalue weighted by atomic mass is 16.5. The summed E-state index contributed by atoms with van der Waals surface area (Å²) in [5.41, 5.74) is 4.71. The van der Waals surface area contributed by atoms with Crippen LogP contribution < -0.4 is 9.64 Å². The lowest BCUT2D eigenvalue weighted by molar-refractivity contribution is 0.411. The fourth-order valence-electron chi connectivity index (χ4n) is 3.63. The van der Waals surface area contributed by atoms with Gasteiger partial charge in [-0.1, -0.05) is 24.3 Å². The third-order valence-electron chi connectivity index (χ3n) is 5.45. The number of nitrogens with zero attached hydrogens (tertiary/aromatic N) is 1. The minimum Gasteiger partial charge on any atom is -0.508 e. The van der Waals surface area contributed by atoms with Crippen LogP contribution in [0.25, 0.3) is 0 Å². The average Bonchev–Trinajstić information content (AvgIpc) is 2.77. The van der Waals surface area contributed by atoms with Gasteiger partial charge in [0.1, 0.15) is 17.2 Å². The van der Waals surface area contributed by atoms with Gasteiger partial charge in [0.25, 0.3) is 0 Å². The van der Waals surface area contributed by atoms with E-state index in [1.54, 1.807) is 36.4 Å². The molecule has 4 aromatic rings. The number of hydrogen-bond acceptors (Lipinski definition) is 5. The number of rotatable bonds is 5. The summed E-state index contributed by atoms with van der Waals surface area (Å²) in [4.78, 5) is 1.97. The van der Waals surface area contributed by atoms with E-state index in [-0.39, 0.29) is 17.2 Å². The van der Waals surface area contributed by atoms with Crippen LogP contribution in [0.4, 0.5) is 17.1 Å². The van der Waals surface area contributed by atoms with Crippen molar-refractivity contribution < 1.29 is 20.1 Å².